The summed E-state index contributed by atoms with van der Waals surface area (Å²) < 4.78 is 0. The van der Waals surface area contributed by atoms with Gasteiger partial charge in [-0.15, -0.1) is 0 Å². The highest BCUT2D eigenvalue weighted by atomic mass is 14.9. The van der Waals surface area contributed by atoms with Gasteiger partial charge < -0.3 is 5.73 Å². The van der Waals surface area contributed by atoms with Gasteiger partial charge in [0.25, 0.3) is 0 Å². The van der Waals surface area contributed by atoms with Gasteiger partial charge in [0.1, 0.15) is 5.82 Å². The summed E-state index contributed by atoms with van der Waals surface area (Å²) >= 11 is 0. The number of nitrogens with two attached hydrogens (primary N) is 1. The zero-order valence-corrected chi connectivity index (χ0v) is 9.96. The smallest absolute Gasteiger partial charge is 0.125 e. The van der Waals surface area contributed by atoms with Crippen molar-refractivity contribution in [2.24, 2.45) is 5.73 Å². The second-order valence-electron chi connectivity index (χ2n) is 5.37. The number of hydrogen-bond acceptors (Lipinski definition) is 3. The van der Waals surface area contributed by atoms with Gasteiger partial charge in [0.2, 0.25) is 0 Å². The molecule has 0 aromatic carbocycles. The second-order valence-corrected chi connectivity index (χ2v) is 5.37. The van der Waals surface area contributed by atoms with Gasteiger partial charge in [0, 0.05) is 22.7 Å². The van der Waals surface area contributed by atoms with Crippen LogP contribution in [0.1, 0.15) is 56.0 Å². The van der Waals surface area contributed by atoms with Gasteiger partial charge in [0.05, 0.1) is 5.69 Å². The number of aromatic nitrogens is 2. The highest BCUT2D eigenvalue weighted by Gasteiger charge is 2.30. The van der Waals surface area contributed by atoms with Crippen LogP contribution in [0.15, 0.2) is 0 Å². The van der Waals surface area contributed by atoms with E-state index in [4.69, 9.17) is 5.73 Å². The number of rotatable bonds is 0. The van der Waals surface area contributed by atoms with Gasteiger partial charge in [-0.1, -0.05) is 20.8 Å². The average molecular weight is 205 g/mol. The summed E-state index contributed by atoms with van der Waals surface area (Å²) in [6, 6.07) is 0.134. The Morgan fingerprint density at radius 2 is 1.93 bits per heavy atom. The molecule has 1 aromatic heterocycles. The standard InChI is InChI=1S/C12H19N3/c1-7-14-9-6-5-8(13)10(9)11(15-7)12(2,3)4/h8H,5-6,13H2,1-4H3. The van der Waals surface area contributed by atoms with Crippen molar-refractivity contribution in [2.45, 2.75) is 52.0 Å². The van der Waals surface area contributed by atoms with Crippen molar-refractivity contribution in [1.82, 2.24) is 9.97 Å². The molecule has 1 unspecified atom stereocenters. The molecule has 1 heterocycles. The fourth-order valence-electron chi connectivity index (χ4n) is 2.23. The van der Waals surface area contributed by atoms with Crippen LogP contribution in [0.3, 0.4) is 0 Å². The van der Waals surface area contributed by atoms with E-state index in [9.17, 15) is 0 Å². The zero-order chi connectivity index (χ0) is 11.2. The van der Waals surface area contributed by atoms with Gasteiger partial charge in [-0.2, -0.15) is 0 Å². The molecule has 0 saturated carbocycles. The first-order chi connectivity index (χ1) is 6.89. The molecule has 1 aromatic rings. The van der Waals surface area contributed by atoms with Gasteiger partial charge in [-0.05, 0) is 19.8 Å². The van der Waals surface area contributed by atoms with E-state index in [1.165, 1.54) is 11.3 Å². The third kappa shape index (κ3) is 1.76. The number of nitrogens with zero attached hydrogens (tertiary/aromatic N) is 2. The molecule has 82 valence electrons. The summed E-state index contributed by atoms with van der Waals surface area (Å²) in [6.45, 7) is 8.50. The fourth-order valence-corrected chi connectivity index (χ4v) is 2.23. The molecule has 3 nitrogen and oxygen atoms in total. The summed E-state index contributed by atoms with van der Waals surface area (Å²) in [7, 11) is 0. The minimum Gasteiger partial charge on any atom is -0.324 e. The molecule has 3 heteroatoms. The van der Waals surface area contributed by atoms with Gasteiger partial charge in [0.15, 0.2) is 0 Å². The number of aryl methyl sites for hydroxylation is 2. The minimum atomic E-state index is 0.0553. The van der Waals surface area contributed by atoms with Crippen molar-refractivity contribution in [3.05, 3.63) is 22.8 Å². The molecule has 2 rings (SSSR count). The molecule has 0 aliphatic heterocycles. The van der Waals surface area contributed by atoms with E-state index in [0.717, 1.165) is 24.4 Å². The van der Waals surface area contributed by atoms with Crippen molar-refractivity contribution >= 4 is 0 Å². The lowest BCUT2D eigenvalue weighted by Gasteiger charge is -2.23. The second kappa shape index (κ2) is 3.27. The number of fused-ring (bicyclic) bond motifs is 1. The first kappa shape index (κ1) is 10.6. The molecule has 0 spiro atoms. The molecular weight excluding hydrogens is 186 g/mol. The summed E-state index contributed by atoms with van der Waals surface area (Å²) in [4.78, 5) is 9.06. The molecule has 1 atom stereocenters. The Hall–Kier alpha value is -0.960. The van der Waals surface area contributed by atoms with E-state index in [1.807, 2.05) is 6.92 Å². The summed E-state index contributed by atoms with van der Waals surface area (Å²) in [6.07, 6.45) is 2.01. The minimum absolute atomic E-state index is 0.0553. The highest BCUT2D eigenvalue weighted by molar-refractivity contribution is 5.37. The van der Waals surface area contributed by atoms with E-state index in [1.54, 1.807) is 0 Å². The Bertz CT molecular complexity index is 391. The summed E-state index contributed by atoms with van der Waals surface area (Å²) in [5.41, 5.74) is 9.67. The van der Waals surface area contributed by atoms with Crippen molar-refractivity contribution in [3.8, 4) is 0 Å². The largest absolute Gasteiger partial charge is 0.324 e. The monoisotopic (exact) mass is 205 g/mol. The maximum atomic E-state index is 6.11. The molecular formula is C12H19N3. The molecule has 1 aliphatic carbocycles. The topological polar surface area (TPSA) is 51.8 Å². The zero-order valence-electron chi connectivity index (χ0n) is 9.96. The molecule has 0 amide bonds. The fraction of sp³-hybridized carbons (Fsp3) is 0.667. The quantitative estimate of drug-likeness (QED) is 0.705. The molecule has 1 aliphatic rings. The molecule has 0 fully saturated rings. The van der Waals surface area contributed by atoms with Gasteiger partial charge in [-0.25, -0.2) is 9.97 Å². The van der Waals surface area contributed by atoms with E-state index in [0.29, 0.717) is 0 Å². The van der Waals surface area contributed by atoms with E-state index in [2.05, 4.69) is 30.7 Å². The van der Waals surface area contributed by atoms with Crippen LogP contribution in [-0.2, 0) is 11.8 Å². The van der Waals surface area contributed by atoms with Crippen molar-refractivity contribution < 1.29 is 0 Å². The van der Waals surface area contributed by atoms with Crippen LogP contribution in [0.4, 0.5) is 0 Å². The lowest BCUT2D eigenvalue weighted by molar-refractivity contribution is 0.547. The Balaban J connectivity index is 2.64. The normalized spacial score (nSPS) is 20.5. The molecule has 15 heavy (non-hydrogen) atoms. The molecule has 0 bridgehead atoms. The predicted molar refractivity (Wildman–Crippen MR) is 60.7 cm³/mol. The average Bonchev–Trinajstić information content (AvgIpc) is 2.44. The van der Waals surface area contributed by atoms with Crippen LogP contribution in [-0.4, -0.2) is 9.97 Å². The SMILES string of the molecule is Cc1nc2c(c(C(C)(C)C)n1)C(N)CC2. The van der Waals surface area contributed by atoms with Crippen molar-refractivity contribution in [3.63, 3.8) is 0 Å². The Labute approximate surface area is 91.1 Å². The van der Waals surface area contributed by atoms with E-state index < -0.39 is 0 Å². The maximum absolute atomic E-state index is 6.11. The Kier molecular flexibility index (Phi) is 2.30. The molecule has 2 N–H and O–H groups in total. The first-order valence-corrected chi connectivity index (χ1v) is 5.53. The van der Waals surface area contributed by atoms with Crippen LogP contribution in [0.5, 0.6) is 0 Å². The van der Waals surface area contributed by atoms with Crippen LogP contribution in [0, 0.1) is 6.92 Å². The predicted octanol–water partition coefficient (Wildman–Crippen LogP) is 2.03. The molecule has 0 saturated heterocycles. The number of hydrogen-bond donors (Lipinski definition) is 1. The maximum Gasteiger partial charge on any atom is 0.125 e. The van der Waals surface area contributed by atoms with E-state index in [-0.39, 0.29) is 11.5 Å². The first-order valence-electron chi connectivity index (χ1n) is 5.53. The third-order valence-electron chi connectivity index (χ3n) is 2.91. The van der Waals surface area contributed by atoms with Gasteiger partial charge >= 0.3 is 0 Å². The summed E-state index contributed by atoms with van der Waals surface area (Å²) in [5.74, 6) is 0.868. The van der Waals surface area contributed by atoms with Crippen LogP contribution in [0.25, 0.3) is 0 Å². The lowest BCUT2D eigenvalue weighted by Crippen LogP contribution is -2.21. The van der Waals surface area contributed by atoms with Crippen LogP contribution in [0.2, 0.25) is 0 Å². The Morgan fingerprint density at radius 1 is 1.27 bits per heavy atom. The van der Waals surface area contributed by atoms with Crippen molar-refractivity contribution in [2.75, 3.05) is 0 Å². The van der Waals surface area contributed by atoms with Crippen molar-refractivity contribution in [1.29, 1.82) is 0 Å². The Morgan fingerprint density at radius 3 is 2.53 bits per heavy atom. The van der Waals surface area contributed by atoms with Crippen LogP contribution >= 0.6 is 0 Å². The van der Waals surface area contributed by atoms with Gasteiger partial charge in [-0.3, -0.25) is 0 Å². The lowest BCUT2D eigenvalue weighted by atomic mass is 9.87. The highest BCUT2D eigenvalue weighted by Crippen LogP contribution is 2.35. The van der Waals surface area contributed by atoms with Crippen LogP contribution < -0.4 is 5.73 Å². The third-order valence-corrected chi connectivity index (χ3v) is 2.91. The molecule has 0 radical (unpaired) electrons. The summed E-state index contributed by atoms with van der Waals surface area (Å²) in [5, 5.41) is 0. The van der Waals surface area contributed by atoms with E-state index >= 15 is 0 Å².